The van der Waals surface area contributed by atoms with Crippen LogP contribution in [0.2, 0.25) is 0 Å². The third kappa shape index (κ3) is 2.64. The second-order valence-corrected chi connectivity index (χ2v) is 4.96. The number of methoxy groups -OCH3 is 1. The first-order valence-electron chi connectivity index (χ1n) is 6.81. The second kappa shape index (κ2) is 5.61. The molecular formula is C16H17NO4. The molecule has 1 aliphatic heterocycles. The quantitative estimate of drug-likeness (QED) is 0.876. The van der Waals surface area contributed by atoms with Gasteiger partial charge in [0, 0.05) is 5.56 Å². The van der Waals surface area contributed by atoms with Crippen LogP contribution < -0.4 is 10.1 Å². The van der Waals surface area contributed by atoms with Crippen molar-refractivity contribution in [2.45, 2.75) is 19.5 Å². The van der Waals surface area contributed by atoms with E-state index in [4.69, 9.17) is 13.9 Å². The Balaban J connectivity index is 1.68. The first-order valence-corrected chi connectivity index (χ1v) is 6.81. The average molecular weight is 287 g/mol. The van der Waals surface area contributed by atoms with E-state index in [0.29, 0.717) is 30.2 Å². The van der Waals surface area contributed by atoms with Crippen molar-refractivity contribution in [1.29, 1.82) is 0 Å². The molecule has 3 rings (SSSR count). The third-order valence-electron chi connectivity index (χ3n) is 3.60. The molecule has 2 aromatic rings. The highest BCUT2D eigenvalue weighted by Crippen LogP contribution is 2.31. The first-order chi connectivity index (χ1) is 10.2. The molecule has 1 aromatic heterocycles. The zero-order chi connectivity index (χ0) is 14.8. The number of benzene rings is 1. The highest BCUT2D eigenvalue weighted by atomic mass is 16.5. The van der Waals surface area contributed by atoms with Gasteiger partial charge in [0.2, 0.25) is 0 Å². The molecule has 21 heavy (non-hydrogen) atoms. The number of hydrogen-bond donors (Lipinski definition) is 1. The number of fused-ring (bicyclic) bond motifs is 1. The van der Waals surface area contributed by atoms with E-state index in [-0.39, 0.29) is 12.0 Å². The molecule has 2 heterocycles. The Morgan fingerprint density at radius 1 is 1.43 bits per heavy atom. The van der Waals surface area contributed by atoms with Crippen molar-refractivity contribution in [2.24, 2.45) is 0 Å². The van der Waals surface area contributed by atoms with Crippen LogP contribution in [-0.4, -0.2) is 19.7 Å². The minimum atomic E-state index is -0.378. The van der Waals surface area contributed by atoms with E-state index in [1.54, 1.807) is 13.0 Å². The standard InChI is InChI=1S/C16H17NO4/c1-10-13(16(18)19-2)7-11(21-10)8-17-14-9-20-15-6-4-3-5-12(14)15/h3-7,14,17H,8-9H2,1-2H3. The zero-order valence-corrected chi connectivity index (χ0v) is 12.0. The van der Waals surface area contributed by atoms with Crippen LogP contribution in [0.25, 0.3) is 0 Å². The molecule has 0 fully saturated rings. The van der Waals surface area contributed by atoms with Crippen LogP contribution in [-0.2, 0) is 11.3 Å². The van der Waals surface area contributed by atoms with Crippen LogP contribution in [0.1, 0.15) is 33.5 Å². The molecule has 1 unspecified atom stereocenters. The van der Waals surface area contributed by atoms with Crippen molar-refractivity contribution >= 4 is 5.97 Å². The Hall–Kier alpha value is -2.27. The lowest BCUT2D eigenvalue weighted by Crippen LogP contribution is -2.21. The molecule has 1 aromatic carbocycles. The predicted molar refractivity (Wildman–Crippen MR) is 76.3 cm³/mol. The van der Waals surface area contributed by atoms with Crippen LogP contribution in [0, 0.1) is 6.92 Å². The number of esters is 1. The second-order valence-electron chi connectivity index (χ2n) is 4.96. The third-order valence-corrected chi connectivity index (χ3v) is 3.60. The summed E-state index contributed by atoms with van der Waals surface area (Å²) in [6.45, 7) is 2.88. The summed E-state index contributed by atoms with van der Waals surface area (Å²) < 4.78 is 15.9. The van der Waals surface area contributed by atoms with Crippen LogP contribution in [0.3, 0.4) is 0 Å². The number of para-hydroxylation sites is 1. The molecule has 0 saturated heterocycles. The van der Waals surface area contributed by atoms with Gasteiger partial charge < -0.3 is 13.9 Å². The summed E-state index contributed by atoms with van der Waals surface area (Å²) in [5.74, 6) is 1.82. The maximum Gasteiger partial charge on any atom is 0.341 e. The summed E-state index contributed by atoms with van der Waals surface area (Å²) in [6, 6.07) is 9.81. The SMILES string of the molecule is COC(=O)c1cc(CNC2COc3ccccc32)oc1C. The topological polar surface area (TPSA) is 60.7 Å². The lowest BCUT2D eigenvalue weighted by Gasteiger charge is -2.09. The molecule has 0 bridgehead atoms. The number of carbonyl (C=O) groups is 1. The Kier molecular flexibility index (Phi) is 3.66. The van der Waals surface area contributed by atoms with E-state index >= 15 is 0 Å². The van der Waals surface area contributed by atoms with Gasteiger partial charge in [0.05, 0.1) is 19.7 Å². The van der Waals surface area contributed by atoms with Gasteiger partial charge in [0.1, 0.15) is 29.4 Å². The van der Waals surface area contributed by atoms with Gasteiger partial charge in [-0.25, -0.2) is 4.79 Å². The summed E-state index contributed by atoms with van der Waals surface area (Å²) in [5.41, 5.74) is 1.62. The Morgan fingerprint density at radius 3 is 3.05 bits per heavy atom. The summed E-state index contributed by atoms with van der Waals surface area (Å²) >= 11 is 0. The number of hydrogen-bond acceptors (Lipinski definition) is 5. The van der Waals surface area contributed by atoms with Gasteiger partial charge in [-0.1, -0.05) is 18.2 Å². The minimum absolute atomic E-state index is 0.133. The summed E-state index contributed by atoms with van der Waals surface area (Å²) in [7, 11) is 1.36. The summed E-state index contributed by atoms with van der Waals surface area (Å²) in [6.07, 6.45) is 0. The molecule has 1 aliphatic rings. The fraction of sp³-hybridized carbons (Fsp3) is 0.312. The van der Waals surface area contributed by atoms with Crippen molar-refractivity contribution in [3.8, 4) is 5.75 Å². The Morgan fingerprint density at radius 2 is 2.24 bits per heavy atom. The van der Waals surface area contributed by atoms with E-state index in [2.05, 4.69) is 5.32 Å². The largest absolute Gasteiger partial charge is 0.491 e. The molecule has 0 spiro atoms. The highest BCUT2D eigenvalue weighted by Gasteiger charge is 2.23. The van der Waals surface area contributed by atoms with Gasteiger partial charge in [-0.05, 0) is 19.1 Å². The maximum absolute atomic E-state index is 11.5. The Bertz CT molecular complexity index is 662. The van der Waals surface area contributed by atoms with Crippen molar-refractivity contribution in [3.63, 3.8) is 0 Å². The first kappa shape index (κ1) is 13.7. The van der Waals surface area contributed by atoms with Gasteiger partial charge in [0.15, 0.2) is 0 Å². The molecule has 0 amide bonds. The van der Waals surface area contributed by atoms with Crippen LogP contribution in [0.4, 0.5) is 0 Å². The molecule has 0 saturated carbocycles. The number of aryl methyl sites for hydroxylation is 1. The molecule has 5 nitrogen and oxygen atoms in total. The number of furan rings is 1. The lowest BCUT2D eigenvalue weighted by atomic mass is 10.1. The highest BCUT2D eigenvalue weighted by molar-refractivity contribution is 5.90. The average Bonchev–Trinajstić information content (AvgIpc) is 3.08. The fourth-order valence-corrected chi connectivity index (χ4v) is 2.50. The lowest BCUT2D eigenvalue weighted by molar-refractivity contribution is 0.0599. The molecule has 0 radical (unpaired) electrons. The van der Waals surface area contributed by atoms with Gasteiger partial charge >= 0.3 is 5.97 Å². The number of carbonyl (C=O) groups excluding carboxylic acids is 1. The van der Waals surface area contributed by atoms with E-state index in [1.165, 1.54) is 7.11 Å². The van der Waals surface area contributed by atoms with Crippen molar-refractivity contribution < 1.29 is 18.7 Å². The zero-order valence-electron chi connectivity index (χ0n) is 12.0. The number of ether oxygens (including phenoxy) is 2. The smallest absolute Gasteiger partial charge is 0.341 e. The summed E-state index contributed by atoms with van der Waals surface area (Å²) in [4.78, 5) is 11.5. The number of rotatable bonds is 4. The predicted octanol–water partition coefficient (Wildman–Crippen LogP) is 2.60. The van der Waals surface area contributed by atoms with E-state index in [9.17, 15) is 4.79 Å². The maximum atomic E-state index is 11.5. The summed E-state index contributed by atoms with van der Waals surface area (Å²) in [5, 5.41) is 3.38. The molecule has 110 valence electrons. The minimum Gasteiger partial charge on any atom is -0.491 e. The van der Waals surface area contributed by atoms with Crippen molar-refractivity contribution in [2.75, 3.05) is 13.7 Å². The Labute approximate surface area is 122 Å². The fourth-order valence-electron chi connectivity index (χ4n) is 2.50. The van der Waals surface area contributed by atoms with Crippen LogP contribution >= 0.6 is 0 Å². The van der Waals surface area contributed by atoms with Crippen molar-refractivity contribution in [1.82, 2.24) is 5.32 Å². The molecular weight excluding hydrogens is 270 g/mol. The van der Waals surface area contributed by atoms with Crippen LogP contribution in [0.15, 0.2) is 34.7 Å². The van der Waals surface area contributed by atoms with Gasteiger partial charge in [0.25, 0.3) is 0 Å². The van der Waals surface area contributed by atoms with E-state index < -0.39 is 0 Å². The van der Waals surface area contributed by atoms with E-state index in [0.717, 1.165) is 11.3 Å². The van der Waals surface area contributed by atoms with Gasteiger partial charge in [-0.15, -0.1) is 0 Å². The molecule has 0 aliphatic carbocycles. The van der Waals surface area contributed by atoms with Gasteiger partial charge in [-0.2, -0.15) is 0 Å². The van der Waals surface area contributed by atoms with Crippen LogP contribution in [0.5, 0.6) is 5.75 Å². The van der Waals surface area contributed by atoms with Gasteiger partial charge in [-0.3, -0.25) is 5.32 Å². The van der Waals surface area contributed by atoms with Crippen molar-refractivity contribution in [3.05, 3.63) is 53.0 Å². The normalized spacial score (nSPS) is 16.4. The molecule has 1 N–H and O–H groups in total. The molecule has 1 atom stereocenters. The number of nitrogens with one attached hydrogen (secondary N) is 1. The van der Waals surface area contributed by atoms with E-state index in [1.807, 2.05) is 24.3 Å². The molecule has 5 heteroatoms. The monoisotopic (exact) mass is 287 g/mol.